The molecule has 0 saturated carbocycles. The van der Waals surface area contributed by atoms with Crippen LogP contribution in [0, 0.1) is 6.92 Å². The molecule has 4 nitrogen and oxygen atoms in total. The summed E-state index contributed by atoms with van der Waals surface area (Å²) >= 11 is 0. The molecule has 0 unspecified atom stereocenters. The van der Waals surface area contributed by atoms with Crippen LogP contribution in [0.25, 0.3) is 0 Å². The van der Waals surface area contributed by atoms with Crippen LogP contribution in [-0.2, 0) is 11.3 Å². The Labute approximate surface area is 95.8 Å². The van der Waals surface area contributed by atoms with Gasteiger partial charge in [-0.2, -0.15) is 0 Å². The summed E-state index contributed by atoms with van der Waals surface area (Å²) in [6.07, 6.45) is 0. The van der Waals surface area contributed by atoms with Gasteiger partial charge >= 0.3 is 0 Å². The Bertz CT molecular complexity index is 311. The molecule has 0 atom stereocenters. The molecule has 0 bridgehead atoms. The van der Waals surface area contributed by atoms with E-state index in [0.717, 1.165) is 22.6 Å². The average Bonchev–Trinajstić information content (AvgIpc) is 2.31. The molecule has 0 fully saturated rings. The van der Waals surface area contributed by atoms with Gasteiger partial charge in [0.1, 0.15) is 11.5 Å². The molecule has 0 radical (unpaired) electrons. The first-order valence-corrected chi connectivity index (χ1v) is 5.13. The highest BCUT2D eigenvalue weighted by atomic mass is 16.5. The Balaban J connectivity index is 2.84. The van der Waals surface area contributed by atoms with Gasteiger partial charge in [-0.15, -0.1) is 0 Å². The Morgan fingerprint density at radius 1 is 1.12 bits per heavy atom. The lowest BCUT2D eigenvalue weighted by Crippen LogP contribution is -2.01. The topological polar surface area (TPSA) is 47.9 Å². The first-order valence-electron chi connectivity index (χ1n) is 5.13. The smallest absolute Gasteiger partial charge is 0.125 e. The van der Waals surface area contributed by atoms with E-state index < -0.39 is 0 Å². The molecule has 0 saturated heterocycles. The van der Waals surface area contributed by atoms with Crippen LogP contribution in [0.1, 0.15) is 11.1 Å². The van der Waals surface area contributed by atoms with Crippen molar-refractivity contribution in [2.24, 2.45) is 0 Å². The van der Waals surface area contributed by atoms with Gasteiger partial charge in [-0.25, -0.2) is 0 Å². The van der Waals surface area contributed by atoms with Crippen molar-refractivity contribution in [2.45, 2.75) is 13.5 Å². The highest BCUT2D eigenvalue weighted by molar-refractivity contribution is 5.47. The fourth-order valence-electron chi connectivity index (χ4n) is 1.48. The summed E-state index contributed by atoms with van der Waals surface area (Å²) in [7, 11) is 3.25. The molecule has 0 aromatic heterocycles. The van der Waals surface area contributed by atoms with Crippen molar-refractivity contribution in [1.29, 1.82) is 0 Å². The van der Waals surface area contributed by atoms with E-state index in [0.29, 0.717) is 13.2 Å². The van der Waals surface area contributed by atoms with Crippen LogP contribution in [0.3, 0.4) is 0 Å². The first-order chi connectivity index (χ1) is 7.72. The largest absolute Gasteiger partial charge is 0.496 e. The van der Waals surface area contributed by atoms with Gasteiger partial charge in [0.25, 0.3) is 0 Å². The van der Waals surface area contributed by atoms with E-state index in [1.807, 2.05) is 19.1 Å². The molecular weight excluding hydrogens is 208 g/mol. The number of aliphatic hydroxyl groups is 1. The molecule has 1 N–H and O–H groups in total. The van der Waals surface area contributed by atoms with Crippen LogP contribution >= 0.6 is 0 Å². The van der Waals surface area contributed by atoms with Gasteiger partial charge in [0.15, 0.2) is 0 Å². The second-order valence-electron chi connectivity index (χ2n) is 3.40. The molecule has 1 aromatic carbocycles. The van der Waals surface area contributed by atoms with Crippen LogP contribution in [0.4, 0.5) is 0 Å². The zero-order valence-electron chi connectivity index (χ0n) is 9.95. The van der Waals surface area contributed by atoms with Gasteiger partial charge in [-0.05, 0) is 24.6 Å². The normalized spacial score (nSPS) is 10.2. The van der Waals surface area contributed by atoms with Crippen LogP contribution in [0.5, 0.6) is 11.5 Å². The quantitative estimate of drug-likeness (QED) is 0.747. The molecule has 90 valence electrons. The minimum absolute atomic E-state index is 0.0279. The number of aliphatic hydroxyl groups excluding tert-OH is 1. The molecule has 1 rings (SSSR count). The van der Waals surface area contributed by atoms with E-state index in [-0.39, 0.29) is 6.61 Å². The van der Waals surface area contributed by atoms with Crippen molar-refractivity contribution in [3.63, 3.8) is 0 Å². The third kappa shape index (κ3) is 3.12. The molecule has 4 heteroatoms. The van der Waals surface area contributed by atoms with Crippen LogP contribution < -0.4 is 9.47 Å². The van der Waals surface area contributed by atoms with Gasteiger partial charge in [0.05, 0.1) is 34.0 Å². The van der Waals surface area contributed by atoms with Crippen molar-refractivity contribution in [3.8, 4) is 11.5 Å². The summed E-state index contributed by atoms with van der Waals surface area (Å²) in [4.78, 5) is 0. The van der Waals surface area contributed by atoms with Crippen molar-refractivity contribution in [1.82, 2.24) is 0 Å². The predicted octanol–water partition coefficient (Wildman–Crippen LogP) is 1.52. The van der Waals surface area contributed by atoms with Crippen molar-refractivity contribution < 1.29 is 19.3 Å². The lowest BCUT2D eigenvalue weighted by atomic mass is 10.1. The summed E-state index contributed by atoms with van der Waals surface area (Å²) in [5.74, 6) is 1.56. The van der Waals surface area contributed by atoms with E-state index in [4.69, 9.17) is 19.3 Å². The lowest BCUT2D eigenvalue weighted by molar-refractivity contribution is 0.0813. The summed E-state index contributed by atoms with van der Waals surface area (Å²) in [5.41, 5.74) is 1.93. The first kappa shape index (κ1) is 12.8. The van der Waals surface area contributed by atoms with Crippen LogP contribution in [-0.4, -0.2) is 32.5 Å². The SMILES string of the molecule is COc1cc(COCCO)cc(OC)c1C. The van der Waals surface area contributed by atoms with E-state index in [2.05, 4.69) is 0 Å². The molecule has 0 aliphatic heterocycles. The average molecular weight is 226 g/mol. The summed E-state index contributed by atoms with van der Waals surface area (Å²) in [5, 5.41) is 8.62. The minimum Gasteiger partial charge on any atom is -0.496 e. The molecule has 0 spiro atoms. The molecule has 1 aromatic rings. The predicted molar refractivity (Wildman–Crippen MR) is 61.0 cm³/mol. The third-order valence-corrected chi connectivity index (χ3v) is 2.32. The second kappa shape index (κ2) is 6.35. The Morgan fingerprint density at radius 2 is 1.69 bits per heavy atom. The number of hydrogen-bond donors (Lipinski definition) is 1. The molecule has 0 amide bonds. The molecule has 0 heterocycles. The maximum Gasteiger partial charge on any atom is 0.125 e. The van der Waals surface area contributed by atoms with Crippen molar-refractivity contribution in [3.05, 3.63) is 23.3 Å². The third-order valence-electron chi connectivity index (χ3n) is 2.32. The van der Waals surface area contributed by atoms with Crippen LogP contribution in [0.15, 0.2) is 12.1 Å². The fourth-order valence-corrected chi connectivity index (χ4v) is 1.48. The number of ether oxygens (including phenoxy) is 3. The summed E-state index contributed by atoms with van der Waals surface area (Å²) < 4.78 is 15.7. The Kier molecular flexibility index (Phi) is 5.08. The molecule has 0 aliphatic carbocycles. The van der Waals surface area contributed by atoms with Crippen molar-refractivity contribution >= 4 is 0 Å². The number of benzene rings is 1. The van der Waals surface area contributed by atoms with Gasteiger partial charge in [0, 0.05) is 5.56 Å². The van der Waals surface area contributed by atoms with Gasteiger partial charge in [-0.1, -0.05) is 0 Å². The lowest BCUT2D eigenvalue weighted by Gasteiger charge is -2.12. The van der Waals surface area contributed by atoms with E-state index in [1.54, 1.807) is 14.2 Å². The number of rotatable bonds is 6. The number of methoxy groups -OCH3 is 2. The zero-order chi connectivity index (χ0) is 12.0. The van der Waals surface area contributed by atoms with Crippen molar-refractivity contribution in [2.75, 3.05) is 27.4 Å². The summed E-state index contributed by atoms with van der Waals surface area (Å²) in [6.45, 7) is 2.74. The van der Waals surface area contributed by atoms with E-state index >= 15 is 0 Å². The van der Waals surface area contributed by atoms with Gasteiger partial charge in [-0.3, -0.25) is 0 Å². The van der Waals surface area contributed by atoms with E-state index in [1.165, 1.54) is 0 Å². The zero-order valence-corrected chi connectivity index (χ0v) is 9.95. The Hall–Kier alpha value is -1.26. The molecular formula is C12H18O4. The molecule has 16 heavy (non-hydrogen) atoms. The maximum atomic E-state index is 8.62. The highest BCUT2D eigenvalue weighted by Gasteiger charge is 2.08. The highest BCUT2D eigenvalue weighted by Crippen LogP contribution is 2.29. The van der Waals surface area contributed by atoms with Gasteiger partial charge in [0.2, 0.25) is 0 Å². The van der Waals surface area contributed by atoms with Gasteiger partial charge < -0.3 is 19.3 Å². The molecule has 0 aliphatic rings. The van der Waals surface area contributed by atoms with E-state index in [9.17, 15) is 0 Å². The second-order valence-corrected chi connectivity index (χ2v) is 3.40. The Morgan fingerprint density at radius 3 is 2.12 bits per heavy atom. The maximum absolute atomic E-state index is 8.62. The fraction of sp³-hybridized carbons (Fsp3) is 0.500. The van der Waals surface area contributed by atoms with Crippen LogP contribution in [0.2, 0.25) is 0 Å². The minimum atomic E-state index is 0.0279. The monoisotopic (exact) mass is 226 g/mol. The standard InChI is InChI=1S/C12H18O4/c1-9-11(14-2)6-10(7-12(9)15-3)8-16-5-4-13/h6-7,13H,4-5,8H2,1-3H3. The number of hydrogen-bond acceptors (Lipinski definition) is 4. The summed E-state index contributed by atoms with van der Waals surface area (Å²) in [6, 6.07) is 3.82.